The van der Waals surface area contributed by atoms with Crippen LogP contribution in [0.25, 0.3) is 94.9 Å². The summed E-state index contributed by atoms with van der Waals surface area (Å²) < 4.78 is 5.44. The summed E-state index contributed by atoms with van der Waals surface area (Å²) in [6.07, 6.45) is 6.90. The van der Waals surface area contributed by atoms with Crippen molar-refractivity contribution in [3.8, 4) is 11.1 Å². The van der Waals surface area contributed by atoms with E-state index in [2.05, 4.69) is 182 Å². The van der Waals surface area contributed by atoms with Gasteiger partial charge in [-0.05, 0) is 104 Å². The minimum Gasteiger partial charge on any atom is -0.135 e. The molecule has 8 aromatic carbocycles. The Kier molecular flexibility index (Phi) is 7.46. The average Bonchev–Trinajstić information content (AvgIpc) is 3.80. The smallest absolute Gasteiger partial charge is 0.0440 e. The van der Waals surface area contributed by atoms with E-state index in [0.29, 0.717) is 0 Å². The summed E-state index contributed by atoms with van der Waals surface area (Å²) in [5, 5.41) is 13.2. The molecule has 0 spiro atoms. The monoisotopic (exact) mass is 722 g/mol. The third-order valence-corrected chi connectivity index (χ3v) is 13.5. The molecule has 2 heterocycles. The van der Waals surface area contributed by atoms with Crippen LogP contribution in [0.2, 0.25) is 0 Å². The van der Waals surface area contributed by atoms with Gasteiger partial charge < -0.3 is 0 Å². The average molecular weight is 723 g/mol. The van der Waals surface area contributed by atoms with Gasteiger partial charge in [0.25, 0.3) is 0 Å². The first kappa shape index (κ1) is 31.5. The Labute approximate surface area is 321 Å². The van der Waals surface area contributed by atoms with Crippen LogP contribution in [0.4, 0.5) is 0 Å². The normalized spacial score (nSPS) is 13.3. The molecule has 0 N–H and O–H groups in total. The Balaban J connectivity index is 1.09. The topological polar surface area (TPSA) is 0 Å². The summed E-state index contributed by atoms with van der Waals surface area (Å²) in [4.78, 5) is 0. The lowest BCUT2D eigenvalue weighted by atomic mass is 9.88. The van der Waals surface area contributed by atoms with E-state index in [1.807, 2.05) is 22.7 Å². The molecular formula is C52H34S2. The van der Waals surface area contributed by atoms with Crippen molar-refractivity contribution in [3.63, 3.8) is 0 Å². The minimum atomic E-state index is 1.00. The van der Waals surface area contributed by atoms with Crippen LogP contribution in [0, 0.1) is 0 Å². The van der Waals surface area contributed by atoms with E-state index in [1.54, 1.807) is 0 Å². The van der Waals surface area contributed by atoms with Crippen molar-refractivity contribution in [1.82, 2.24) is 0 Å². The molecule has 0 unspecified atom stereocenters. The number of fused-ring (bicyclic) bond motifs is 11. The van der Waals surface area contributed by atoms with Crippen molar-refractivity contribution in [2.75, 3.05) is 0 Å². The van der Waals surface area contributed by atoms with Gasteiger partial charge in [-0.1, -0.05) is 152 Å². The van der Waals surface area contributed by atoms with Gasteiger partial charge in [0, 0.05) is 45.7 Å². The lowest BCUT2D eigenvalue weighted by molar-refractivity contribution is 1.06. The lowest BCUT2D eigenvalue weighted by Gasteiger charge is -2.17. The van der Waals surface area contributed by atoms with E-state index >= 15 is 0 Å². The van der Waals surface area contributed by atoms with Crippen LogP contribution < -0.4 is 0 Å². The van der Waals surface area contributed by atoms with Crippen molar-refractivity contribution < 1.29 is 0 Å². The van der Waals surface area contributed by atoms with E-state index in [9.17, 15) is 0 Å². The highest BCUT2D eigenvalue weighted by Crippen LogP contribution is 2.46. The number of thiophene rings is 2. The molecule has 0 aliphatic heterocycles. The second-order valence-corrected chi connectivity index (χ2v) is 16.4. The molecule has 1 aliphatic carbocycles. The maximum atomic E-state index is 2.46. The van der Waals surface area contributed by atoms with Crippen LogP contribution >= 0.6 is 22.7 Å². The van der Waals surface area contributed by atoms with E-state index < -0.39 is 0 Å². The zero-order valence-electron chi connectivity index (χ0n) is 29.6. The Hall–Kier alpha value is -6.06. The van der Waals surface area contributed by atoms with Crippen LogP contribution in [0.15, 0.2) is 182 Å². The second-order valence-electron chi connectivity index (χ2n) is 14.3. The summed E-state index contributed by atoms with van der Waals surface area (Å²) >= 11 is 3.84. The highest BCUT2D eigenvalue weighted by atomic mass is 32.1. The third kappa shape index (κ3) is 5.17. The van der Waals surface area contributed by atoms with Crippen LogP contribution in [-0.4, -0.2) is 0 Å². The molecule has 0 nitrogen and oxygen atoms in total. The van der Waals surface area contributed by atoms with Gasteiger partial charge in [0.15, 0.2) is 0 Å². The molecule has 0 atom stereocenters. The van der Waals surface area contributed by atoms with Crippen LogP contribution in [-0.2, 0) is 0 Å². The first-order valence-corrected chi connectivity index (χ1v) is 20.4. The van der Waals surface area contributed by atoms with Gasteiger partial charge >= 0.3 is 0 Å². The molecular weight excluding hydrogens is 689 g/mol. The molecule has 54 heavy (non-hydrogen) atoms. The molecule has 11 rings (SSSR count). The molecule has 0 fully saturated rings. The highest BCUT2D eigenvalue weighted by molar-refractivity contribution is 7.28. The summed E-state index contributed by atoms with van der Waals surface area (Å²) in [5.41, 5.74) is 7.70. The maximum absolute atomic E-state index is 2.46. The van der Waals surface area contributed by atoms with Crippen molar-refractivity contribution >= 4 is 106 Å². The molecule has 0 saturated heterocycles. The van der Waals surface area contributed by atoms with Gasteiger partial charge in [0.1, 0.15) is 0 Å². The van der Waals surface area contributed by atoms with Crippen LogP contribution in [0.1, 0.15) is 24.0 Å². The molecule has 2 heteroatoms. The Bertz CT molecular complexity index is 3280. The Morgan fingerprint density at radius 1 is 0.389 bits per heavy atom. The van der Waals surface area contributed by atoms with Gasteiger partial charge in [-0.25, -0.2) is 0 Å². The number of benzene rings is 7. The van der Waals surface area contributed by atoms with Crippen LogP contribution in [0.5, 0.6) is 0 Å². The van der Waals surface area contributed by atoms with Crippen molar-refractivity contribution in [1.29, 1.82) is 0 Å². The van der Waals surface area contributed by atoms with Crippen molar-refractivity contribution in [2.24, 2.45) is 0 Å². The van der Waals surface area contributed by atoms with Gasteiger partial charge in [0.2, 0.25) is 0 Å². The molecule has 0 amide bonds. The molecule has 10 aromatic rings. The Morgan fingerprint density at radius 3 is 1.94 bits per heavy atom. The molecule has 0 bridgehead atoms. The number of hydrogen-bond donors (Lipinski definition) is 0. The van der Waals surface area contributed by atoms with Gasteiger partial charge in [-0.3, -0.25) is 0 Å². The predicted molar refractivity (Wildman–Crippen MR) is 239 cm³/mol. The van der Waals surface area contributed by atoms with Gasteiger partial charge in [0.05, 0.1) is 0 Å². The van der Waals surface area contributed by atoms with Crippen molar-refractivity contribution in [2.45, 2.75) is 12.8 Å². The van der Waals surface area contributed by atoms with Gasteiger partial charge in [-0.2, -0.15) is 0 Å². The number of hydrogen-bond acceptors (Lipinski definition) is 2. The fourth-order valence-corrected chi connectivity index (χ4v) is 11.0. The zero-order valence-corrected chi connectivity index (χ0v) is 31.2. The molecule has 0 saturated carbocycles. The quantitative estimate of drug-likeness (QED) is 0.170. The van der Waals surface area contributed by atoms with E-state index in [0.717, 1.165) is 12.8 Å². The first-order chi connectivity index (χ1) is 26.8. The second kappa shape index (κ2) is 12.8. The molecule has 0 radical (unpaired) electrons. The first-order valence-electron chi connectivity index (χ1n) is 18.7. The third-order valence-electron chi connectivity index (χ3n) is 11.2. The van der Waals surface area contributed by atoms with Gasteiger partial charge in [-0.15, -0.1) is 22.7 Å². The lowest BCUT2D eigenvalue weighted by Crippen LogP contribution is -1.94. The van der Waals surface area contributed by atoms with Crippen molar-refractivity contribution in [3.05, 3.63) is 193 Å². The summed E-state index contributed by atoms with van der Waals surface area (Å²) in [6.45, 7) is 0. The number of rotatable bonds is 3. The minimum absolute atomic E-state index is 1.00. The largest absolute Gasteiger partial charge is 0.135 e. The molecule has 1 aliphatic rings. The molecule has 2 aromatic heterocycles. The predicted octanol–water partition coefficient (Wildman–Crippen LogP) is 15.9. The SMILES string of the molecule is C1=C(c2ccc3sc4ccc5ccc6c7ccccc7sc6c5c4c3c2)C=C(c2ccccccc(-c3ccc4ccccc4c3)c3ccccc23)CC1. The summed E-state index contributed by atoms with van der Waals surface area (Å²) in [6, 6.07) is 62.9. The zero-order chi connectivity index (χ0) is 35.6. The number of allylic oxidation sites excluding steroid dienone is 4. The maximum Gasteiger partial charge on any atom is 0.0440 e. The van der Waals surface area contributed by atoms with Crippen LogP contribution in [0.3, 0.4) is 0 Å². The summed E-state index contributed by atoms with van der Waals surface area (Å²) in [7, 11) is 0. The fraction of sp³-hybridized carbons (Fsp3) is 0.0385. The standard InChI is InChI=1S/C52H34S2/c1-2-4-17-41(39-23-22-33-12-5-6-13-35(33)30-39)43-19-8-7-18-42(43)40(16-3-1)38-15-11-14-36(31-38)37-26-28-48-46(32-37)51-49(53-48)29-25-34-24-27-45-44-20-9-10-21-47(44)54-52(45)50(34)51/h1-10,12-14,16-32H,11,15H2. The van der Waals surface area contributed by atoms with E-state index in [4.69, 9.17) is 0 Å². The fourth-order valence-electron chi connectivity index (χ4n) is 8.61. The Morgan fingerprint density at radius 2 is 1.06 bits per heavy atom. The summed E-state index contributed by atoms with van der Waals surface area (Å²) in [5.74, 6) is 0. The molecule has 254 valence electrons. The van der Waals surface area contributed by atoms with E-state index in [-0.39, 0.29) is 0 Å². The van der Waals surface area contributed by atoms with E-state index in [1.165, 1.54) is 106 Å². The highest BCUT2D eigenvalue weighted by Gasteiger charge is 2.17.